The maximum absolute atomic E-state index is 6.58. The first kappa shape index (κ1) is 40.9. The van der Waals surface area contributed by atoms with E-state index >= 15 is 0 Å². The molecule has 0 bridgehead atoms. The van der Waals surface area contributed by atoms with Crippen LogP contribution < -0.4 is 24.2 Å². The summed E-state index contributed by atoms with van der Waals surface area (Å²) in [6, 6.07) is 86.7. The number of furan rings is 2. The minimum Gasteiger partial charge on any atom is -0.455 e. The molecule has 4 heterocycles. The summed E-state index contributed by atoms with van der Waals surface area (Å²) in [4.78, 5) is 6.97. The Labute approximate surface area is 420 Å². The van der Waals surface area contributed by atoms with Crippen molar-refractivity contribution >= 4 is 95.1 Å². The van der Waals surface area contributed by atoms with Crippen molar-refractivity contribution in [3.8, 4) is 45.3 Å². The van der Waals surface area contributed by atoms with Gasteiger partial charge in [0, 0.05) is 44.0 Å². The molecule has 0 unspecified atom stereocenters. The maximum atomic E-state index is 6.58. The second-order valence-corrected chi connectivity index (χ2v) is 18.4. The van der Waals surface area contributed by atoms with Gasteiger partial charge in [-0.2, -0.15) is 0 Å². The fourth-order valence-electron chi connectivity index (χ4n) is 10.9. The molecule has 0 spiro atoms. The van der Waals surface area contributed by atoms with Gasteiger partial charge in [-0.3, -0.25) is 0 Å². The summed E-state index contributed by atoms with van der Waals surface area (Å²) in [5.74, 6) is 3.10. The van der Waals surface area contributed by atoms with Gasteiger partial charge in [0.1, 0.15) is 22.3 Å². The number of benzene rings is 11. The molecule has 73 heavy (non-hydrogen) atoms. The van der Waals surface area contributed by atoms with Gasteiger partial charge in [-0.1, -0.05) is 146 Å². The van der Waals surface area contributed by atoms with Crippen LogP contribution in [-0.2, 0) is 0 Å². The zero-order valence-electron chi connectivity index (χ0n) is 39.1. The second kappa shape index (κ2) is 16.3. The van der Waals surface area contributed by atoms with Gasteiger partial charge in [0.2, 0.25) is 0 Å². The molecule has 2 aliphatic heterocycles. The zero-order valence-corrected chi connectivity index (χ0v) is 39.1. The molecule has 7 heteroatoms. The van der Waals surface area contributed by atoms with Crippen molar-refractivity contribution in [2.24, 2.45) is 0 Å². The third kappa shape index (κ3) is 6.60. The van der Waals surface area contributed by atoms with Crippen LogP contribution in [0.5, 0.6) is 23.0 Å². The van der Waals surface area contributed by atoms with Crippen molar-refractivity contribution in [2.75, 3.05) is 14.7 Å². The van der Waals surface area contributed by atoms with Gasteiger partial charge in [0.05, 0.1) is 39.8 Å². The number of ether oxygens (including phenoxy) is 2. The van der Waals surface area contributed by atoms with E-state index < -0.39 is 0 Å². The van der Waals surface area contributed by atoms with E-state index in [1.807, 2.05) is 72.8 Å². The first-order valence-corrected chi connectivity index (χ1v) is 24.5. The lowest BCUT2D eigenvalue weighted by Crippen LogP contribution is -2.19. The predicted molar refractivity (Wildman–Crippen MR) is 296 cm³/mol. The van der Waals surface area contributed by atoms with E-state index in [0.29, 0.717) is 0 Å². The quantitative estimate of drug-likeness (QED) is 0.158. The largest absolute Gasteiger partial charge is 0.455 e. The smallest absolute Gasteiger partial charge is 0.151 e. The SMILES string of the molecule is c1ccc2c(c1)Oc1ccccc1N2c1cc(N(c2ccc(-c3cccc4c3oc3ccccc34)cc2)c2ccc(-c3cccc4c3oc3ccccc34)cc2)cc(N2c3ccccc3Oc3ccccc32)c1. The normalized spacial score (nSPS) is 12.5. The van der Waals surface area contributed by atoms with Crippen LogP contribution in [0.15, 0.2) is 258 Å². The number of hydrogen-bond donors (Lipinski definition) is 0. The summed E-state index contributed by atoms with van der Waals surface area (Å²) in [5, 5.41) is 4.40. The number of nitrogens with zero attached hydrogens (tertiary/aromatic N) is 3. The summed E-state index contributed by atoms with van der Waals surface area (Å²) in [7, 11) is 0. The average Bonchev–Trinajstić information content (AvgIpc) is 4.03. The van der Waals surface area contributed by atoms with Gasteiger partial charge in [-0.25, -0.2) is 0 Å². The predicted octanol–water partition coefficient (Wildman–Crippen LogP) is 19.4. The van der Waals surface area contributed by atoms with E-state index in [1.54, 1.807) is 0 Å². The molecule has 0 fully saturated rings. The molecule has 0 radical (unpaired) electrons. The molecule has 11 aromatic carbocycles. The lowest BCUT2D eigenvalue weighted by atomic mass is 10.0. The number of anilines is 9. The summed E-state index contributed by atoms with van der Waals surface area (Å²) in [5.41, 5.74) is 16.2. The molecule has 7 nitrogen and oxygen atoms in total. The molecule has 2 aromatic heterocycles. The Morgan fingerprint density at radius 1 is 0.288 bits per heavy atom. The van der Waals surface area contributed by atoms with Gasteiger partial charge >= 0.3 is 0 Å². The molecule has 0 saturated heterocycles. The van der Waals surface area contributed by atoms with Crippen LogP contribution in [0, 0.1) is 0 Å². The highest BCUT2D eigenvalue weighted by Gasteiger charge is 2.31. The lowest BCUT2D eigenvalue weighted by molar-refractivity contribution is 0.477. The van der Waals surface area contributed by atoms with Crippen LogP contribution in [-0.4, -0.2) is 0 Å². The van der Waals surface area contributed by atoms with Crippen LogP contribution in [0.25, 0.3) is 66.1 Å². The topological polar surface area (TPSA) is 54.5 Å². The van der Waals surface area contributed by atoms with Crippen molar-refractivity contribution < 1.29 is 18.3 Å². The Bertz CT molecular complexity index is 3940. The summed E-state index contributed by atoms with van der Waals surface area (Å²) < 4.78 is 26.2. The lowest BCUT2D eigenvalue weighted by Gasteiger charge is -2.37. The molecule has 0 aliphatic carbocycles. The van der Waals surface area contributed by atoms with Gasteiger partial charge in [-0.15, -0.1) is 0 Å². The third-order valence-electron chi connectivity index (χ3n) is 14.2. The summed E-state index contributed by atoms with van der Waals surface area (Å²) >= 11 is 0. The molecule has 15 rings (SSSR count). The van der Waals surface area contributed by atoms with Gasteiger partial charge in [0.15, 0.2) is 23.0 Å². The minimum atomic E-state index is 0.775. The first-order chi connectivity index (χ1) is 36.2. The highest BCUT2D eigenvalue weighted by molar-refractivity contribution is 6.11. The fourth-order valence-corrected chi connectivity index (χ4v) is 10.9. The molecule has 2 aliphatic rings. The molecule has 0 atom stereocenters. The van der Waals surface area contributed by atoms with Crippen molar-refractivity contribution in [1.29, 1.82) is 0 Å². The third-order valence-corrected chi connectivity index (χ3v) is 14.2. The molecular weight excluding hydrogens is 899 g/mol. The van der Waals surface area contributed by atoms with Gasteiger partial charge in [-0.05, 0) is 114 Å². The Hall–Kier alpha value is -9.98. The zero-order chi connectivity index (χ0) is 48.0. The molecule has 0 N–H and O–H groups in total. The van der Waals surface area contributed by atoms with E-state index in [2.05, 4.69) is 191 Å². The van der Waals surface area contributed by atoms with Gasteiger partial charge < -0.3 is 33.0 Å². The van der Waals surface area contributed by atoms with Gasteiger partial charge in [0.25, 0.3) is 0 Å². The minimum absolute atomic E-state index is 0.775. The number of rotatable bonds is 7. The van der Waals surface area contributed by atoms with E-state index in [4.69, 9.17) is 18.3 Å². The van der Waals surface area contributed by atoms with Crippen LogP contribution in [0.1, 0.15) is 0 Å². The van der Waals surface area contributed by atoms with Crippen LogP contribution in [0.3, 0.4) is 0 Å². The van der Waals surface area contributed by atoms with Crippen molar-refractivity contribution in [1.82, 2.24) is 0 Å². The Morgan fingerprint density at radius 3 is 1.05 bits per heavy atom. The highest BCUT2D eigenvalue weighted by Crippen LogP contribution is 2.55. The summed E-state index contributed by atoms with van der Waals surface area (Å²) in [6.45, 7) is 0. The Balaban J connectivity index is 0.952. The fraction of sp³-hybridized carbons (Fsp3) is 0. The molecule has 0 amide bonds. The molecular formula is C66H41N3O4. The van der Waals surface area contributed by atoms with Crippen LogP contribution in [0.2, 0.25) is 0 Å². The second-order valence-electron chi connectivity index (χ2n) is 18.4. The first-order valence-electron chi connectivity index (χ1n) is 24.5. The van der Waals surface area contributed by atoms with Crippen molar-refractivity contribution in [3.63, 3.8) is 0 Å². The van der Waals surface area contributed by atoms with Crippen LogP contribution in [0.4, 0.5) is 51.2 Å². The molecule has 13 aromatic rings. The monoisotopic (exact) mass is 939 g/mol. The Kier molecular flexibility index (Phi) is 9.13. The van der Waals surface area contributed by atoms with Crippen molar-refractivity contribution in [2.45, 2.75) is 0 Å². The van der Waals surface area contributed by atoms with Crippen molar-refractivity contribution in [3.05, 3.63) is 249 Å². The maximum Gasteiger partial charge on any atom is 0.151 e. The highest BCUT2D eigenvalue weighted by atomic mass is 16.5. The average molecular weight is 940 g/mol. The number of para-hydroxylation sites is 12. The van der Waals surface area contributed by atoms with E-state index in [9.17, 15) is 0 Å². The standard InChI is InChI=1S/C66H41N3O4/c1-7-25-59-51(15-1)53-19-13-17-49(65(53)72-59)42-31-35-44(36-32-42)67(45-37-33-43(34-38-45)50-18-14-20-54-52-16-2-8-26-60(52)73-66(50)54)46-39-47(68-55-21-3-9-27-61(55)70-62-28-10-4-22-56(62)68)41-48(40-46)69-57-23-5-11-29-63(57)71-64-30-12-6-24-58(64)69/h1-41H. The van der Waals surface area contributed by atoms with E-state index in [0.717, 1.165) is 140 Å². The van der Waals surface area contributed by atoms with Crippen LogP contribution >= 0.6 is 0 Å². The van der Waals surface area contributed by atoms with E-state index in [1.165, 1.54) is 0 Å². The molecule has 0 saturated carbocycles. The Morgan fingerprint density at radius 2 is 0.644 bits per heavy atom. The van der Waals surface area contributed by atoms with E-state index in [-0.39, 0.29) is 0 Å². The summed E-state index contributed by atoms with van der Waals surface area (Å²) in [6.07, 6.45) is 0. The number of fused-ring (bicyclic) bond motifs is 10. The molecule has 344 valence electrons. The number of hydrogen-bond acceptors (Lipinski definition) is 7.